The average Bonchev–Trinajstić information content (AvgIpc) is 2.31. The van der Waals surface area contributed by atoms with Crippen LogP contribution in [0.3, 0.4) is 0 Å². The fourth-order valence-electron chi connectivity index (χ4n) is 1.29. The van der Waals surface area contributed by atoms with E-state index in [9.17, 15) is 0 Å². The van der Waals surface area contributed by atoms with Crippen LogP contribution in [0.4, 0.5) is 0 Å². The molecule has 1 atom stereocenters. The largest absolute Gasteiger partial charge is 0.493 e. The number of hydrogen-bond donors (Lipinski definition) is 1. The maximum atomic E-state index is 5.78. The van der Waals surface area contributed by atoms with Crippen molar-refractivity contribution in [2.75, 3.05) is 19.5 Å². The van der Waals surface area contributed by atoms with Gasteiger partial charge in [-0.3, -0.25) is 0 Å². The molecular weight excluding hydrogens is 288 g/mol. The van der Waals surface area contributed by atoms with Crippen LogP contribution in [-0.2, 0) is 0 Å². The Morgan fingerprint density at radius 1 is 1.44 bits per heavy atom. The number of rotatable bonds is 6. The zero-order valence-corrected chi connectivity index (χ0v) is 12.1. The molecule has 0 aliphatic rings. The summed E-state index contributed by atoms with van der Waals surface area (Å²) in [6.07, 6.45) is 1.07. The number of halogens is 1. The van der Waals surface area contributed by atoms with Gasteiger partial charge in [-0.15, -0.1) is 0 Å². The standard InChI is InChI=1S/C12H17BrO2S/c1-3-9(8-16)7-15-12-10(13)5-4-6-11(12)14-2/h4-6,9,16H,3,7-8H2,1-2H3. The van der Waals surface area contributed by atoms with Gasteiger partial charge >= 0.3 is 0 Å². The van der Waals surface area contributed by atoms with E-state index in [2.05, 4.69) is 35.5 Å². The molecule has 0 bridgehead atoms. The van der Waals surface area contributed by atoms with Gasteiger partial charge in [0.05, 0.1) is 18.2 Å². The van der Waals surface area contributed by atoms with Crippen LogP contribution in [0.2, 0.25) is 0 Å². The Bertz CT molecular complexity index is 327. The zero-order chi connectivity index (χ0) is 12.0. The lowest BCUT2D eigenvalue weighted by atomic mass is 10.1. The van der Waals surface area contributed by atoms with Crippen LogP contribution in [0.25, 0.3) is 0 Å². The van der Waals surface area contributed by atoms with Crippen LogP contribution in [0.5, 0.6) is 11.5 Å². The van der Waals surface area contributed by atoms with E-state index in [1.807, 2.05) is 18.2 Å². The highest BCUT2D eigenvalue weighted by Crippen LogP contribution is 2.35. The first-order chi connectivity index (χ1) is 7.72. The lowest BCUT2D eigenvalue weighted by Crippen LogP contribution is -2.13. The highest BCUT2D eigenvalue weighted by atomic mass is 79.9. The molecule has 1 unspecified atom stereocenters. The minimum atomic E-state index is 0.472. The Labute approximate surface area is 111 Å². The van der Waals surface area contributed by atoms with Gasteiger partial charge in [0, 0.05) is 5.92 Å². The molecule has 16 heavy (non-hydrogen) atoms. The minimum Gasteiger partial charge on any atom is -0.493 e. The normalized spacial score (nSPS) is 12.2. The summed E-state index contributed by atoms with van der Waals surface area (Å²) in [7, 11) is 1.64. The van der Waals surface area contributed by atoms with E-state index in [-0.39, 0.29) is 0 Å². The molecule has 0 aliphatic heterocycles. The quantitative estimate of drug-likeness (QED) is 0.806. The molecule has 0 spiro atoms. The smallest absolute Gasteiger partial charge is 0.175 e. The van der Waals surface area contributed by atoms with Crippen LogP contribution >= 0.6 is 28.6 Å². The molecule has 2 nitrogen and oxygen atoms in total. The average molecular weight is 305 g/mol. The summed E-state index contributed by atoms with van der Waals surface area (Å²) in [5.74, 6) is 2.83. The van der Waals surface area contributed by atoms with Crippen LogP contribution < -0.4 is 9.47 Å². The van der Waals surface area contributed by atoms with Crippen molar-refractivity contribution in [2.24, 2.45) is 5.92 Å². The van der Waals surface area contributed by atoms with Gasteiger partial charge in [-0.2, -0.15) is 12.6 Å². The number of benzene rings is 1. The molecule has 1 rings (SSSR count). The summed E-state index contributed by atoms with van der Waals surface area (Å²) in [5, 5.41) is 0. The van der Waals surface area contributed by atoms with Gasteiger partial charge in [-0.1, -0.05) is 13.0 Å². The maximum Gasteiger partial charge on any atom is 0.175 e. The minimum absolute atomic E-state index is 0.472. The first kappa shape index (κ1) is 13.7. The molecule has 0 N–H and O–H groups in total. The van der Waals surface area contributed by atoms with Crippen molar-refractivity contribution in [3.8, 4) is 11.5 Å². The third-order valence-corrected chi connectivity index (χ3v) is 3.59. The highest BCUT2D eigenvalue weighted by molar-refractivity contribution is 9.10. The van der Waals surface area contributed by atoms with Gasteiger partial charge in [0.15, 0.2) is 11.5 Å². The number of para-hydroxylation sites is 1. The van der Waals surface area contributed by atoms with E-state index in [1.54, 1.807) is 7.11 Å². The molecule has 90 valence electrons. The SMILES string of the molecule is CCC(CS)COc1c(Br)cccc1OC. The zero-order valence-electron chi connectivity index (χ0n) is 9.57. The first-order valence-electron chi connectivity index (χ1n) is 5.29. The molecule has 0 fully saturated rings. The Morgan fingerprint density at radius 2 is 2.19 bits per heavy atom. The monoisotopic (exact) mass is 304 g/mol. The summed E-state index contributed by atoms with van der Waals surface area (Å²) < 4.78 is 12.0. The third kappa shape index (κ3) is 3.59. The fourth-order valence-corrected chi connectivity index (χ4v) is 2.12. The first-order valence-corrected chi connectivity index (χ1v) is 6.71. The van der Waals surface area contributed by atoms with Gasteiger partial charge in [0.25, 0.3) is 0 Å². The van der Waals surface area contributed by atoms with Crippen LogP contribution in [-0.4, -0.2) is 19.5 Å². The molecule has 0 saturated carbocycles. The molecule has 0 saturated heterocycles. The van der Waals surface area contributed by atoms with E-state index in [0.29, 0.717) is 12.5 Å². The van der Waals surface area contributed by atoms with Crippen molar-refractivity contribution in [3.05, 3.63) is 22.7 Å². The second-order valence-electron chi connectivity index (χ2n) is 3.54. The highest BCUT2D eigenvalue weighted by Gasteiger charge is 2.11. The molecule has 1 aromatic carbocycles. The van der Waals surface area contributed by atoms with E-state index < -0.39 is 0 Å². The molecule has 1 aromatic rings. The second kappa shape index (κ2) is 7.07. The van der Waals surface area contributed by atoms with Crippen LogP contribution in [0.15, 0.2) is 22.7 Å². The van der Waals surface area contributed by atoms with Gasteiger partial charge < -0.3 is 9.47 Å². The summed E-state index contributed by atoms with van der Waals surface area (Å²) in [6, 6.07) is 5.76. The summed E-state index contributed by atoms with van der Waals surface area (Å²) in [4.78, 5) is 0. The van der Waals surface area contributed by atoms with Gasteiger partial charge in [0.1, 0.15) is 0 Å². The van der Waals surface area contributed by atoms with Crippen LogP contribution in [0, 0.1) is 5.92 Å². The molecular formula is C12H17BrO2S. The number of ether oxygens (including phenoxy) is 2. The van der Waals surface area contributed by atoms with E-state index in [0.717, 1.165) is 28.1 Å². The number of hydrogen-bond acceptors (Lipinski definition) is 3. The molecule has 4 heteroatoms. The fraction of sp³-hybridized carbons (Fsp3) is 0.500. The van der Waals surface area contributed by atoms with Crippen LogP contribution in [0.1, 0.15) is 13.3 Å². The molecule has 0 radical (unpaired) electrons. The van der Waals surface area contributed by atoms with Crippen molar-refractivity contribution in [2.45, 2.75) is 13.3 Å². The topological polar surface area (TPSA) is 18.5 Å². The van der Waals surface area contributed by atoms with Gasteiger partial charge in [-0.25, -0.2) is 0 Å². The Hall–Kier alpha value is -0.350. The van der Waals surface area contributed by atoms with Crippen molar-refractivity contribution >= 4 is 28.6 Å². The summed E-state index contributed by atoms with van der Waals surface area (Å²) in [6.45, 7) is 2.81. The number of thiol groups is 1. The van der Waals surface area contributed by atoms with Crippen molar-refractivity contribution in [1.29, 1.82) is 0 Å². The molecule has 0 aliphatic carbocycles. The summed E-state index contributed by atoms with van der Waals surface area (Å²) >= 11 is 7.75. The Kier molecular flexibility index (Phi) is 6.06. The van der Waals surface area contributed by atoms with E-state index >= 15 is 0 Å². The Balaban J connectivity index is 2.72. The second-order valence-corrected chi connectivity index (χ2v) is 4.76. The van der Waals surface area contributed by atoms with Gasteiger partial charge in [-0.05, 0) is 40.2 Å². The molecule has 0 heterocycles. The van der Waals surface area contributed by atoms with E-state index in [4.69, 9.17) is 9.47 Å². The maximum absolute atomic E-state index is 5.78. The van der Waals surface area contributed by atoms with E-state index in [1.165, 1.54) is 0 Å². The predicted octanol–water partition coefficient (Wildman–Crippen LogP) is 3.79. The predicted molar refractivity (Wildman–Crippen MR) is 73.8 cm³/mol. The number of methoxy groups -OCH3 is 1. The summed E-state index contributed by atoms with van der Waals surface area (Å²) in [5.41, 5.74) is 0. The lowest BCUT2D eigenvalue weighted by molar-refractivity contribution is 0.245. The lowest BCUT2D eigenvalue weighted by Gasteiger charge is -2.16. The Morgan fingerprint density at radius 3 is 2.75 bits per heavy atom. The molecule has 0 amide bonds. The third-order valence-electron chi connectivity index (χ3n) is 2.45. The van der Waals surface area contributed by atoms with Crippen molar-refractivity contribution in [1.82, 2.24) is 0 Å². The molecule has 0 aromatic heterocycles. The van der Waals surface area contributed by atoms with Gasteiger partial charge in [0.2, 0.25) is 0 Å². The van der Waals surface area contributed by atoms with Crippen molar-refractivity contribution < 1.29 is 9.47 Å². The van der Waals surface area contributed by atoms with Crippen molar-refractivity contribution in [3.63, 3.8) is 0 Å².